The van der Waals surface area contributed by atoms with Crippen LogP contribution in [-0.2, 0) is 28.0 Å². The molecule has 0 saturated carbocycles. The summed E-state index contributed by atoms with van der Waals surface area (Å²) >= 11 is 0. The first-order valence-corrected chi connectivity index (χ1v) is 11.4. The van der Waals surface area contributed by atoms with Crippen LogP contribution in [0.3, 0.4) is 0 Å². The third-order valence-corrected chi connectivity index (χ3v) is 6.67. The lowest BCUT2D eigenvalue weighted by Crippen LogP contribution is -2.46. The first-order valence-electron chi connectivity index (χ1n) is 11.4. The average molecular weight is 483 g/mol. The number of ether oxygens (including phenoxy) is 1. The van der Waals surface area contributed by atoms with Crippen LogP contribution < -0.4 is 10.1 Å². The van der Waals surface area contributed by atoms with Crippen molar-refractivity contribution in [1.29, 1.82) is 0 Å². The van der Waals surface area contributed by atoms with Gasteiger partial charge in [-0.25, -0.2) is 15.0 Å². The highest BCUT2D eigenvalue weighted by Crippen LogP contribution is 2.39. The number of furan rings is 1. The first kappa shape index (κ1) is 21.9. The number of fused-ring (bicyclic) bond motifs is 2. The van der Waals surface area contributed by atoms with Crippen molar-refractivity contribution in [2.24, 2.45) is 0 Å². The summed E-state index contributed by atoms with van der Waals surface area (Å²) in [5, 5.41) is 2.39. The molecule has 6 rings (SSSR count). The van der Waals surface area contributed by atoms with E-state index >= 15 is 0 Å². The highest BCUT2D eigenvalue weighted by molar-refractivity contribution is 6.10. The van der Waals surface area contributed by atoms with Crippen LogP contribution in [0.1, 0.15) is 39.6 Å². The van der Waals surface area contributed by atoms with Gasteiger partial charge >= 0.3 is 0 Å². The molecule has 4 aromatic rings. The van der Waals surface area contributed by atoms with E-state index in [1.54, 1.807) is 47.6 Å². The topological polar surface area (TPSA) is 128 Å². The van der Waals surface area contributed by atoms with Gasteiger partial charge in [0.15, 0.2) is 5.58 Å². The van der Waals surface area contributed by atoms with Crippen molar-refractivity contribution in [3.8, 4) is 5.75 Å². The Labute approximate surface area is 205 Å². The zero-order chi connectivity index (χ0) is 24.9. The lowest BCUT2D eigenvalue weighted by Gasteiger charge is -2.28. The second kappa shape index (κ2) is 8.26. The van der Waals surface area contributed by atoms with E-state index in [1.807, 2.05) is 12.1 Å². The molecule has 1 saturated heterocycles. The number of hydrogen-bond donors (Lipinski definition) is 1. The number of benzene rings is 1. The normalized spacial score (nSPS) is 19.1. The number of carbonyl (C=O) groups is 3. The van der Waals surface area contributed by atoms with E-state index in [4.69, 9.17) is 9.15 Å². The number of nitrogens with zero attached hydrogens (tertiary/aromatic N) is 4. The Hall–Kier alpha value is -4.60. The molecule has 36 heavy (non-hydrogen) atoms. The molecule has 10 nitrogen and oxygen atoms in total. The fraction of sp³-hybridized carbons (Fsp3) is 0.231. The summed E-state index contributed by atoms with van der Waals surface area (Å²) in [5.74, 6) is 0.367. The van der Waals surface area contributed by atoms with Crippen molar-refractivity contribution in [3.05, 3.63) is 83.3 Å². The molecule has 10 heteroatoms. The average Bonchev–Trinajstić information content (AvgIpc) is 3.53. The second-order valence-electron chi connectivity index (χ2n) is 8.96. The summed E-state index contributed by atoms with van der Waals surface area (Å²) in [6.45, 7) is 0.312. The minimum absolute atomic E-state index is 0.00899. The molecule has 1 aromatic carbocycles. The smallest absolute Gasteiger partial charge is 0.254 e. The van der Waals surface area contributed by atoms with Crippen LogP contribution in [0.15, 0.2) is 59.3 Å². The number of rotatable bonds is 6. The largest absolute Gasteiger partial charge is 0.497 e. The number of methoxy groups -OCH3 is 1. The highest BCUT2D eigenvalue weighted by Gasteiger charge is 2.53. The standard InChI is InChI=1S/C26H21N5O5/c1-35-17-5-3-15-13-31(24(33)18(15)10-17)14-26(12-23(32)30-25(26)34)21-11-19-20(36-21)6-4-16(29-19)9-22-27-7-2-8-28-22/h2-8,10-11H,9,12-14H2,1H3,(H,30,32,34)/t26-/m1/s1. The van der Waals surface area contributed by atoms with Crippen LogP contribution in [0.5, 0.6) is 5.75 Å². The van der Waals surface area contributed by atoms with E-state index in [9.17, 15) is 14.4 Å². The van der Waals surface area contributed by atoms with Gasteiger partial charge < -0.3 is 14.1 Å². The van der Waals surface area contributed by atoms with E-state index in [-0.39, 0.29) is 18.9 Å². The lowest BCUT2D eigenvalue weighted by molar-refractivity contribution is -0.127. The predicted molar refractivity (Wildman–Crippen MR) is 126 cm³/mol. The molecule has 0 unspecified atom stereocenters. The van der Waals surface area contributed by atoms with E-state index in [0.29, 0.717) is 47.0 Å². The minimum Gasteiger partial charge on any atom is -0.497 e. The molecular weight excluding hydrogens is 462 g/mol. The van der Waals surface area contributed by atoms with Gasteiger partial charge in [-0.1, -0.05) is 6.07 Å². The highest BCUT2D eigenvalue weighted by atomic mass is 16.5. The summed E-state index contributed by atoms with van der Waals surface area (Å²) < 4.78 is 11.3. The molecule has 0 aliphatic carbocycles. The van der Waals surface area contributed by atoms with E-state index in [0.717, 1.165) is 11.3 Å². The molecule has 0 bridgehead atoms. The Kier molecular flexibility index (Phi) is 5.03. The number of aromatic nitrogens is 3. The van der Waals surface area contributed by atoms with Crippen LogP contribution in [0.25, 0.3) is 11.1 Å². The molecule has 2 aliphatic rings. The molecule has 1 atom stereocenters. The van der Waals surface area contributed by atoms with Gasteiger partial charge in [-0.2, -0.15) is 0 Å². The van der Waals surface area contributed by atoms with Gasteiger partial charge in [-0.05, 0) is 35.9 Å². The monoisotopic (exact) mass is 483 g/mol. The zero-order valence-corrected chi connectivity index (χ0v) is 19.4. The van der Waals surface area contributed by atoms with Crippen LogP contribution in [0.2, 0.25) is 0 Å². The van der Waals surface area contributed by atoms with Crippen molar-refractivity contribution < 1.29 is 23.5 Å². The fourth-order valence-corrected chi connectivity index (χ4v) is 4.85. The van der Waals surface area contributed by atoms with Gasteiger partial charge in [0.2, 0.25) is 11.8 Å². The van der Waals surface area contributed by atoms with Crippen molar-refractivity contribution in [2.45, 2.75) is 24.8 Å². The third kappa shape index (κ3) is 3.58. The van der Waals surface area contributed by atoms with Crippen LogP contribution in [0, 0.1) is 0 Å². The van der Waals surface area contributed by atoms with Gasteiger partial charge in [-0.3, -0.25) is 19.7 Å². The third-order valence-electron chi connectivity index (χ3n) is 6.67. The Balaban J connectivity index is 1.34. The summed E-state index contributed by atoms with van der Waals surface area (Å²) in [6.07, 6.45) is 3.65. The molecule has 5 heterocycles. The van der Waals surface area contributed by atoms with E-state index in [1.165, 1.54) is 7.11 Å². The molecule has 2 aliphatic heterocycles. The van der Waals surface area contributed by atoms with Crippen LogP contribution >= 0.6 is 0 Å². The molecule has 0 spiro atoms. The number of pyridine rings is 1. The Morgan fingerprint density at radius 1 is 1.11 bits per heavy atom. The van der Waals surface area contributed by atoms with E-state index < -0.39 is 17.2 Å². The number of amides is 3. The molecule has 0 radical (unpaired) electrons. The van der Waals surface area contributed by atoms with E-state index in [2.05, 4.69) is 20.3 Å². The summed E-state index contributed by atoms with van der Waals surface area (Å²) in [4.78, 5) is 53.4. The lowest BCUT2D eigenvalue weighted by atomic mass is 9.82. The molecule has 1 fully saturated rings. The number of hydrogen-bond acceptors (Lipinski definition) is 8. The Morgan fingerprint density at radius 2 is 1.94 bits per heavy atom. The maximum Gasteiger partial charge on any atom is 0.254 e. The van der Waals surface area contributed by atoms with Gasteiger partial charge in [0.25, 0.3) is 5.91 Å². The van der Waals surface area contributed by atoms with Gasteiger partial charge in [0, 0.05) is 42.8 Å². The second-order valence-corrected chi connectivity index (χ2v) is 8.96. The predicted octanol–water partition coefficient (Wildman–Crippen LogP) is 2.16. The summed E-state index contributed by atoms with van der Waals surface area (Å²) in [7, 11) is 1.54. The summed E-state index contributed by atoms with van der Waals surface area (Å²) in [6, 6.07) is 12.3. The van der Waals surface area contributed by atoms with Gasteiger partial charge in [0.1, 0.15) is 28.3 Å². The van der Waals surface area contributed by atoms with Crippen molar-refractivity contribution in [2.75, 3.05) is 13.7 Å². The van der Waals surface area contributed by atoms with Crippen LogP contribution in [-0.4, -0.2) is 51.2 Å². The number of nitrogens with one attached hydrogen (secondary N) is 1. The maximum atomic E-state index is 13.2. The molecule has 3 amide bonds. The maximum absolute atomic E-state index is 13.2. The molecule has 3 aromatic heterocycles. The number of imide groups is 1. The SMILES string of the molecule is COc1ccc2c(c1)C(=O)N(C[C@@]1(c3cc4nc(Cc5ncccn5)ccc4o3)CC(=O)NC1=O)C2. The van der Waals surface area contributed by atoms with Crippen molar-refractivity contribution >= 4 is 28.8 Å². The van der Waals surface area contributed by atoms with Crippen molar-refractivity contribution in [1.82, 2.24) is 25.2 Å². The molecular formula is C26H21N5O5. The fourth-order valence-electron chi connectivity index (χ4n) is 4.85. The number of carbonyl (C=O) groups excluding carboxylic acids is 3. The Bertz CT molecular complexity index is 1530. The zero-order valence-electron chi connectivity index (χ0n) is 19.4. The van der Waals surface area contributed by atoms with Gasteiger partial charge in [-0.15, -0.1) is 0 Å². The molecule has 1 N–H and O–H groups in total. The quantitative estimate of drug-likeness (QED) is 0.413. The van der Waals surface area contributed by atoms with Crippen molar-refractivity contribution in [3.63, 3.8) is 0 Å². The minimum atomic E-state index is -1.36. The van der Waals surface area contributed by atoms with Gasteiger partial charge in [0.05, 0.1) is 20.0 Å². The summed E-state index contributed by atoms with van der Waals surface area (Å²) in [5.41, 5.74) is 1.76. The molecule has 180 valence electrons. The Morgan fingerprint density at radius 3 is 2.69 bits per heavy atom. The first-order chi connectivity index (χ1) is 17.4. The van der Waals surface area contributed by atoms with Crippen LogP contribution in [0.4, 0.5) is 0 Å².